The molecule has 0 spiro atoms. The van der Waals surface area contributed by atoms with E-state index in [1.807, 2.05) is 17.5 Å². The van der Waals surface area contributed by atoms with E-state index in [4.69, 9.17) is 14.3 Å². The Kier molecular flexibility index (Phi) is 4.97. The maximum atomic E-state index is 8.76. The standard InChI is InChI=1S/C14H19N3O3S/c18-7-8-19-11-3-5-17(6-4-11)10-13-15-16-14(20-13)12-2-1-9-21-12/h1-2,9,11,18H,3-8,10H2. The summed E-state index contributed by atoms with van der Waals surface area (Å²) in [6.07, 6.45) is 2.22. The van der Waals surface area contributed by atoms with Gasteiger partial charge in [0, 0.05) is 13.1 Å². The fourth-order valence-electron chi connectivity index (χ4n) is 2.46. The zero-order chi connectivity index (χ0) is 14.5. The minimum absolute atomic E-state index is 0.0910. The van der Waals surface area contributed by atoms with Crippen LogP contribution in [0.15, 0.2) is 21.9 Å². The molecule has 1 aliphatic heterocycles. The van der Waals surface area contributed by atoms with Crippen molar-refractivity contribution in [2.75, 3.05) is 26.3 Å². The van der Waals surface area contributed by atoms with Gasteiger partial charge in [0.15, 0.2) is 0 Å². The quantitative estimate of drug-likeness (QED) is 0.877. The van der Waals surface area contributed by atoms with Gasteiger partial charge in [0.05, 0.1) is 30.7 Å². The second-order valence-electron chi connectivity index (χ2n) is 5.05. The van der Waals surface area contributed by atoms with Gasteiger partial charge in [-0.25, -0.2) is 0 Å². The Bertz CT molecular complexity index is 535. The lowest BCUT2D eigenvalue weighted by Crippen LogP contribution is -2.37. The Balaban J connectivity index is 1.49. The van der Waals surface area contributed by atoms with Crippen molar-refractivity contribution in [3.05, 3.63) is 23.4 Å². The maximum Gasteiger partial charge on any atom is 0.257 e. The Hall–Kier alpha value is -1.28. The second kappa shape index (κ2) is 7.13. The van der Waals surface area contributed by atoms with Gasteiger partial charge >= 0.3 is 0 Å². The van der Waals surface area contributed by atoms with Crippen molar-refractivity contribution >= 4 is 11.3 Å². The van der Waals surface area contributed by atoms with Gasteiger partial charge in [-0.1, -0.05) is 6.07 Å². The smallest absolute Gasteiger partial charge is 0.257 e. The summed E-state index contributed by atoms with van der Waals surface area (Å²) in [7, 11) is 0. The molecule has 114 valence electrons. The van der Waals surface area contributed by atoms with Crippen molar-refractivity contribution in [2.24, 2.45) is 0 Å². The monoisotopic (exact) mass is 309 g/mol. The molecule has 2 aromatic rings. The molecule has 21 heavy (non-hydrogen) atoms. The lowest BCUT2D eigenvalue weighted by Gasteiger charge is -2.30. The SMILES string of the molecule is OCCOC1CCN(Cc2nnc(-c3cccs3)o2)CC1. The first-order valence-electron chi connectivity index (χ1n) is 7.16. The van der Waals surface area contributed by atoms with E-state index in [2.05, 4.69) is 15.1 Å². The van der Waals surface area contributed by atoms with E-state index in [0.29, 0.717) is 24.9 Å². The van der Waals surface area contributed by atoms with E-state index in [0.717, 1.165) is 30.8 Å². The predicted molar refractivity (Wildman–Crippen MR) is 78.9 cm³/mol. The van der Waals surface area contributed by atoms with Crippen LogP contribution in [0.4, 0.5) is 0 Å². The number of ether oxygens (including phenoxy) is 1. The molecule has 0 amide bonds. The van der Waals surface area contributed by atoms with Gasteiger partial charge in [-0.15, -0.1) is 21.5 Å². The van der Waals surface area contributed by atoms with Crippen LogP contribution in [0.2, 0.25) is 0 Å². The summed E-state index contributed by atoms with van der Waals surface area (Å²) >= 11 is 1.60. The lowest BCUT2D eigenvalue weighted by molar-refractivity contribution is -0.0101. The van der Waals surface area contributed by atoms with Gasteiger partial charge < -0.3 is 14.3 Å². The molecule has 1 fully saturated rings. The van der Waals surface area contributed by atoms with E-state index in [1.165, 1.54) is 0 Å². The zero-order valence-electron chi connectivity index (χ0n) is 11.8. The number of thiophene rings is 1. The van der Waals surface area contributed by atoms with Crippen molar-refractivity contribution in [1.29, 1.82) is 0 Å². The Labute approximate surface area is 127 Å². The number of hydrogen-bond acceptors (Lipinski definition) is 7. The third-order valence-corrected chi connectivity index (χ3v) is 4.39. The first-order valence-corrected chi connectivity index (χ1v) is 8.04. The summed E-state index contributed by atoms with van der Waals surface area (Å²) in [5.74, 6) is 1.26. The molecule has 1 saturated heterocycles. The van der Waals surface area contributed by atoms with Crippen molar-refractivity contribution < 1.29 is 14.3 Å². The molecule has 0 unspecified atom stereocenters. The van der Waals surface area contributed by atoms with Crippen molar-refractivity contribution in [3.8, 4) is 10.8 Å². The van der Waals surface area contributed by atoms with E-state index >= 15 is 0 Å². The Morgan fingerprint density at radius 2 is 2.24 bits per heavy atom. The highest BCUT2D eigenvalue weighted by molar-refractivity contribution is 7.13. The molecule has 0 radical (unpaired) electrons. The highest BCUT2D eigenvalue weighted by atomic mass is 32.1. The average Bonchev–Trinajstić information content (AvgIpc) is 3.17. The van der Waals surface area contributed by atoms with Crippen molar-refractivity contribution in [3.63, 3.8) is 0 Å². The summed E-state index contributed by atoms with van der Waals surface area (Å²) in [5, 5.41) is 19.0. The third kappa shape index (κ3) is 3.88. The summed E-state index contributed by atoms with van der Waals surface area (Å²) < 4.78 is 11.3. The van der Waals surface area contributed by atoms with Crippen LogP contribution in [0.5, 0.6) is 0 Å². The minimum atomic E-state index is 0.0910. The van der Waals surface area contributed by atoms with Crippen LogP contribution in [0.3, 0.4) is 0 Å². The molecule has 7 heteroatoms. The normalized spacial score (nSPS) is 17.4. The molecule has 0 aromatic carbocycles. The summed E-state index contributed by atoms with van der Waals surface area (Å²) in [4.78, 5) is 3.30. The van der Waals surface area contributed by atoms with Gasteiger partial charge in [0.1, 0.15) is 0 Å². The van der Waals surface area contributed by atoms with E-state index in [-0.39, 0.29) is 12.7 Å². The number of nitrogens with zero attached hydrogens (tertiary/aromatic N) is 3. The predicted octanol–water partition coefficient (Wildman–Crippen LogP) is 1.77. The highest BCUT2D eigenvalue weighted by Crippen LogP contribution is 2.24. The third-order valence-electron chi connectivity index (χ3n) is 3.54. The van der Waals surface area contributed by atoms with Crippen LogP contribution in [0.1, 0.15) is 18.7 Å². The first kappa shape index (κ1) is 14.6. The van der Waals surface area contributed by atoms with Gasteiger partial charge in [0.25, 0.3) is 5.89 Å². The number of likely N-dealkylation sites (tertiary alicyclic amines) is 1. The summed E-state index contributed by atoms with van der Waals surface area (Å²) in [6.45, 7) is 3.11. The molecule has 3 heterocycles. The largest absolute Gasteiger partial charge is 0.419 e. The van der Waals surface area contributed by atoms with Gasteiger partial charge in [-0.05, 0) is 24.3 Å². The topological polar surface area (TPSA) is 71.6 Å². The molecular weight excluding hydrogens is 290 g/mol. The number of hydrogen-bond donors (Lipinski definition) is 1. The molecule has 3 rings (SSSR count). The molecule has 2 aromatic heterocycles. The van der Waals surface area contributed by atoms with Crippen LogP contribution in [0.25, 0.3) is 10.8 Å². The number of aliphatic hydroxyl groups excluding tert-OH is 1. The van der Waals surface area contributed by atoms with E-state index in [9.17, 15) is 0 Å². The fraction of sp³-hybridized carbons (Fsp3) is 0.571. The molecule has 6 nitrogen and oxygen atoms in total. The minimum Gasteiger partial charge on any atom is -0.419 e. The fourth-order valence-corrected chi connectivity index (χ4v) is 3.11. The molecule has 0 bridgehead atoms. The molecular formula is C14H19N3O3S. The second-order valence-corrected chi connectivity index (χ2v) is 6.00. The number of aliphatic hydroxyl groups is 1. The van der Waals surface area contributed by atoms with Gasteiger partial charge in [-0.2, -0.15) is 0 Å². The molecule has 0 aliphatic carbocycles. The van der Waals surface area contributed by atoms with E-state index < -0.39 is 0 Å². The van der Waals surface area contributed by atoms with Crippen molar-refractivity contribution in [2.45, 2.75) is 25.5 Å². The van der Waals surface area contributed by atoms with E-state index in [1.54, 1.807) is 11.3 Å². The molecule has 1 aliphatic rings. The Morgan fingerprint density at radius 3 is 2.95 bits per heavy atom. The van der Waals surface area contributed by atoms with Crippen LogP contribution in [-0.2, 0) is 11.3 Å². The van der Waals surface area contributed by atoms with Crippen LogP contribution in [-0.4, -0.2) is 52.6 Å². The van der Waals surface area contributed by atoms with Crippen LogP contribution in [0, 0.1) is 0 Å². The highest BCUT2D eigenvalue weighted by Gasteiger charge is 2.21. The molecule has 0 atom stereocenters. The zero-order valence-corrected chi connectivity index (χ0v) is 12.6. The number of rotatable bonds is 6. The number of aromatic nitrogens is 2. The molecule has 1 N–H and O–H groups in total. The van der Waals surface area contributed by atoms with Crippen LogP contribution >= 0.6 is 11.3 Å². The van der Waals surface area contributed by atoms with Crippen LogP contribution < -0.4 is 0 Å². The number of piperidine rings is 1. The first-order chi connectivity index (χ1) is 10.3. The summed E-state index contributed by atoms with van der Waals surface area (Å²) in [5.41, 5.74) is 0. The lowest BCUT2D eigenvalue weighted by atomic mass is 10.1. The summed E-state index contributed by atoms with van der Waals surface area (Å²) in [6, 6.07) is 3.95. The average molecular weight is 309 g/mol. The molecule has 0 saturated carbocycles. The van der Waals surface area contributed by atoms with Gasteiger partial charge in [-0.3, -0.25) is 4.90 Å². The van der Waals surface area contributed by atoms with Crippen molar-refractivity contribution in [1.82, 2.24) is 15.1 Å². The Morgan fingerprint density at radius 1 is 1.38 bits per heavy atom. The maximum absolute atomic E-state index is 8.76. The van der Waals surface area contributed by atoms with Gasteiger partial charge in [0.2, 0.25) is 5.89 Å².